The molecule has 1 nitrogen and oxygen atoms in total. The first kappa shape index (κ1) is 22.2. The fourth-order valence-corrected chi connectivity index (χ4v) is 3.73. The summed E-state index contributed by atoms with van der Waals surface area (Å²) in [6, 6.07) is 6.61. The van der Waals surface area contributed by atoms with E-state index < -0.39 is 0 Å². The largest absolute Gasteiger partial charge is 0.313 e. The van der Waals surface area contributed by atoms with E-state index in [-0.39, 0.29) is 0 Å². The van der Waals surface area contributed by atoms with Crippen molar-refractivity contribution in [2.45, 2.75) is 111 Å². The number of unbranched alkanes of at least 4 members (excludes halogenated alkanes) is 13. The van der Waals surface area contributed by atoms with Crippen molar-refractivity contribution in [3.8, 4) is 0 Å². The molecule has 0 spiro atoms. The van der Waals surface area contributed by atoms with Gasteiger partial charge in [-0.3, -0.25) is 0 Å². The molecule has 0 bridgehead atoms. The lowest BCUT2D eigenvalue weighted by molar-refractivity contribution is -0.572. The molecule has 144 valence electrons. The van der Waals surface area contributed by atoms with Gasteiger partial charge in [0, 0.05) is 11.1 Å². The van der Waals surface area contributed by atoms with Gasteiger partial charge in [0.2, 0.25) is 0 Å². The molecule has 0 unspecified atom stereocenters. The second-order valence-corrected chi connectivity index (χ2v) is 7.89. The maximum atomic E-state index is 2.45. The molecule has 0 heterocycles. The minimum Gasteiger partial charge on any atom is -0.313 e. The van der Waals surface area contributed by atoms with Crippen molar-refractivity contribution in [2.75, 3.05) is 6.54 Å². The third-order valence-electron chi connectivity index (χ3n) is 5.45. The van der Waals surface area contributed by atoms with Crippen molar-refractivity contribution >= 4 is 5.69 Å². The van der Waals surface area contributed by atoms with Crippen LogP contribution in [0.1, 0.15) is 108 Å². The van der Waals surface area contributed by atoms with Gasteiger partial charge in [0.15, 0.2) is 0 Å². The van der Waals surface area contributed by atoms with Crippen molar-refractivity contribution in [3.63, 3.8) is 0 Å². The zero-order valence-electron chi connectivity index (χ0n) is 17.4. The maximum Gasteiger partial charge on any atom is 0.135 e. The van der Waals surface area contributed by atoms with Crippen LogP contribution in [0.2, 0.25) is 0 Å². The number of hydrogen-bond acceptors (Lipinski definition) is 0. The van der Waals surface area contributed by atoms with E-state index in [9.17, 15) is 0 Å². The summed E-state index contributed by atoms with van der Waals surface area (Å²) in [6.07, 6.45) is 20.1. The lowest BCUT2D eigenvalue weighted by Crippen LogP contribution is -2.78. The highest BCUT2D eigenvalue weighted by atomic mass is 14.9. The van der Waals surface area contributed by atoms with Crippen LogP contribution in [0.25, 0.3) is 0 Å². The van der Waals surface area contributed by atoms with E-state index in [1.807, 2.05) is 0 Å². The van der Waals surface area contributed by atoms with Crippen LogP contribution in [0.3, 0.4) is 0 Å². The molecular weight excluding hydrogens is 302 g/mol. The lowest BCUT2D eigenvalue weighted by atomic mass is 10.0. The van der Waals surface area contributed by atoms with Crippen LogP contribution in [0.5, 0.6) is 0 Å². The molecule has 0 fully saturated rings. The van der Waals surface area contributed by atoms with Gasteiger partial charge in [-0.15, -0.1) is 0 Å². The minimum absolute atomic E-state index is 1.24. The molecule has 0 saturated heterocycles. The summed E-state index contributed by atoms with van der Waals surface area (Å²) in [6.45, 7) is 7.99. The molecule has 0 aliphatic rings. The summed E-state index contributed by atoms with van der Waals surface area (Å²) in [5.41, 5.74) is 4.31. The Labute approximate surface area is 158 Å². The van der Waals surface area contributed by atoms with Gasteiger partial charge in [-0.2, -0.15) is 0 Å². The summed E-state index contributed by atoms with van der Waals surface area (Å²) in [7, 11) is 0. The van der Waals surface area contributed by atoms with Crippen LogP contribution in [0.15, 0.2) is 18.2 Å². The highest BCUT2D eigenvalue weighted by Crippen LogP contribution is 2.14. The Morgan fingerprint density at radius 1 is 0.600 bits per heavy atom. The van der Waals surface area contributed by atoms with Crippen molar-refractivity contribution in [3.05, 3.63) is 29.3 Å². The SMILES string of the molecule is CCCCCCCCCCCCCCCC[NH2+]c1c(C)cccc1C. The van der Waals surface area contributed by atoms with E-state index in [1.165, 1.54) is 113 Å². The second kappa shape index (κ2) is 15.4. The van der Waals surface area contributed by atoms with Crippen LogP contribution < -0.4 is 5.32 Å². The first-order valence-electron chi connectivity index (χ1n) is 11.1. The topological polar surface area (TPSA) is 16.6 Å². The molecular formula is C24H44N+. The Morgan fingerprint density at radius 3 is 1.44 bits per heavy atom. The smallest absolute Gasteiger partial charge is 0.135 e. The van der Waals surface area contributed by atoms with Gasteiger partial charge in [0.25, 0.3) is 0 Å². The molecule has 0 saturated carbocycles. The lowest BCUT2D eigenvalue weighted by Gasteiger charge is -2.07. The Bertz CT molecular complexity index is 404. The highest BCUT2D eigenvalue weighted by Gasteiger charge is 2.05. The summed E-state index contributed by atoms with van der Waals surface area (Å²) in [4.78, 5) is 0. The molecule has 0 radical (unpaired) electrons. The Kier molecular flexibility index (Phi) is 13.7. The Morgan fingerprint density at radius 2 is 1.00 bits per heavy atom. The molecule has 1 aromatic rings. The first-order chi connectivity index (χ1) is 12.3. The van der Waals surface area contributed by atoms with Gasteiger partial charge in [-0.25, -0.2) is 0 Å². The number of quaternary nitrogens is 1. The quantitative estimate of drug-likeness (QED) is 0.245. The van der Waals surface area contributed by atoms with Crippen LogP contribution in [0, 0.1) is 13.8 Å². The molecule has 1 rings (SSSR count). The Balaban J connectivity index is 1.83. The minimum atomic E-state index is 1.24. The number of rotatable bonds is 16. The summed E-state index contributed by atoms with van der Waals surface area (Å²) in [5, 5.41) is 2.45. The molecule has 2 N–H and O–H groups in total. The van der Waals surface area contributed by atoms with Crippen molar-refractivity contribution < 1.29 is 5.32 Å². The predicted molar refractivity (Wildman–Crippen MR) is 113 cm³/mol. The molecule has 0 amide bonds. The Hall–Kier alpha value is -0.820. The van der Waals surface area contributed by atoms with E-state index >= 15 is 0 Å². The van der Waals surface area contributed by atoms with Gasteiger partial charge >= 0.3 is 0 Å². The zero-order chi connectivity index (χ0) is 18.2. The first-order valence-corrected chi connectivity index (χ1v) is 11.1. The van der Waals surface area contributed by atoms with Crippen molar-refractivity contribution in [1.82, 2.24) is 0 Å². The molecule has 25 heavy (non-hydrogen) atoms. The third-order valence-corrected chi connectivity index (χ3v) is 5.45. The second-order valence-electron chi connectivity index (χ2n) is 7.89. The standard InChI is InChI=1S/C24H43N/c1-4-5-6-7-8-9-10-11-12-13-14-15-16-17-21-25-24-22(2)19-18-20-23(24)3/h18-20,25H,4-17,21H2,1-3H3/p+1. The van der Waals surface area contributed by atoms with Crippen LogP contribution in [-0.4, -0.2) is 6.54 Å². The summed E-state index contributed by atoms with van der Waals surface area (Å²) < 4.78 is 0. The average Bonchev–Trinajstić information content (AvgIpc) is 2.60. The van der Waals surface area contributed by atoms with E-state index in [0.29, 0.717) is 0 Å². The van der Waals surface area contributed by atoms with E-state index in [2.05, 4.69) is 44.3 Å². The van der Waals surface area contributed by atoms with E-state index in [1.54, 1.807) is 0 Å². The van der Waals surface area contributed by atoms with E-state index in [4.69, 9.17) is 0 Å². The van der Waals surface area contributed by atoms with Gasteiger partial charge < -0.3 is 5.32 Å². The monoisotopic (exact) mass is 346 g/mol. The van der Waals surface area contributed by atoms with Gasteiger partial charge in [0.05, 0.1) is 6.54 Å². The number of aryl methyl sites for hydroxylation is 2. The number of nitrogens with two attached hydrogens (primary N) is 1. The number of hydrogen-bond donors (Lipinski definition) is 1. The van der Waals surface area contributed by atoms with Crippen LogP contribution in [0.4, 0.5) is 5.69 Å². The third kappa shape index (κ3) is 11.4. The molecule has 0 atom stereocenters. The van der Waals surface area contributed by atoms with E-state index in [0.717, 1.165) is 0 Å². The number of para-hydroxylation sites is 1. The molecule has 1 heteroatoms. The van der Waals surface area contributed by atoms with Crippen LogP contribution in [-0.2, 0) is 0 Å². The van der Waals surface area contributed by atoms with Crippen LogP contribution >= 0.6 is 0 Å². The molecule has 1 aromatic carbocycles. The fourth-order valence-electron chi connectivity index (χ4n) is 3.73. The van der Waals surface area contributed by atoms with Gasteiger partial charge in [0.1, 0.15) is 5.69 Å². The highest BCUT2D eigenvalue weighted by molar-refractivity contribution is 5.44. The van der Waals surface area contributed by atoms with Gasteiger partial charge in [-0.05, 0) is 26.7 Å². The molecule has 0 aliphatic heterocycles. The number of benzene rings is 1. The van der Waals surface area contributed by atoms with Gasteiger partial charge in [-0.1, -0.05) is 102 Å². The summed E-state index contributed by atoms with van der Waals surface area (Å²) >= 11 is 0. The van der Waals surface area contributed by atoms with Crippen molar-refractivity contribution in [2.24, 2.45) is 0 Å². The normalized spacial score (nSPS) is 11.2. The average molecular weight is 347 g/mol. The van der Waals surface area contributed by atoms with Crippen molar-refractivity contribution in [1.29, 1.82) is 0 Å². The summed E-state index contributed by atoms with van der Waals surface area (Å²) in [5.74, 6) is 0. The zero-order valence-corrected chi connectivity index (χ0v) is 17.4. The predicted octanol–water partition coefficient (Wildman–Crippen LogP) is 6.98. The molecule has 0 aliphatic carbocycles. The molecule has 0 aromatic heterocycles. The maximum absolute atomic E-state index is 2.45. The fraction of sp³-hybridized carbons (Fsp3) is 0.750.